The number of piperidine rings is 1. The van der Waals surface area contributed by atoms with Gasteiger partial charge < -0.3 is 29.4 Å². The number of oxazole rings is 1. The zero-order valence-corrected chi connectivity index (χ0v) is 36.5. The van der Waals surface area contributed by atoms with Gasteiger partial charge in [0.2, 0.25) is 23.6 Å². The monoisotopic (exact) mass is 900 g/mol. The van der Waals surface area contributed by atoms with E-state index in [1.54, 1.807) is 41.9 Å². The van der Waals surface area contributed by atoms with Gasteiger partial charge in [0.25, 0.3) is 12.3 Å². The number of hydrogen-bond donors (Lipinski definition) is 3. The molecule has 3 aliphatic rings. The number of nitrogens with zero attached hydrogens (tertiary/aromatic N) is 7. The number of imidazole rings is 1. The lowest BCUT2D eigenvalue weighted by molar-refractivity contribution is -0.137. The Morgan fingerprint density at radius 2 is 1.80 bits per heavy atom. The average molecular weight is 901 g/mol. The van der Waals surface area contributed by atoms with E-state index in [1.165, 1.54) is 34.6 Å². The van der Waals surface area contributed by atoms with Crippen LogP contribution in [0.4, 0.5) is 20.3 Å². The maximum Gasteiger partial charge on any atom is 0.329 e. The van der Waals surface area contributed by atoms with Crippen molar-refractivity contribution in [2.24, 2.45) is 18.9 Å². The van der Waals surface area contributed by atoms with Crippen molar-refractivity contribution in [2.45, 2.75) is 82.7 Å². The van der Waals surface area contributed by atoms with E-state index in [9.17, 15) is 32.8 Å². The van der Waals surface area contributed by atoms with Crippen LogP contribution in [-0.4, -0.2) is 104 Å². The molecular formula is C45H54F2N10O8. The topological polar surface area (TPSA) is 210 Å². The van der Waals surface area contributed by atoms with Crippen molar-refractivity contribution in [3.63, 3.8) is 0 Å². The third-order valence-electron chi connectivity index (χ3n) is 12.4. The van der Waals surface area contributed by atoms with Gasteiger partial charge >= 0.3 is 5.69 Å². The Morgan fingerprint density at radius 3 is 2.55 bits per heavy atom. The van der Waals surface area contributed by atoms with Gasteiger partial charge in [-0.3, -0.25) is 38.3 Å². The van der Waals surface area contributed by atoms with Crippen LogP contribution in [0.3, 0.4) is 0 Å². The van der Waals surface area contributed by atoms with E-state index in [0.717, 1.165) is 17.6 Å². The first-order chi connectivity index (χ1) is 31.4. The number of para-hydroxylation sites is 1. The smallest absolute Gasteiger partial charge is 0.329 e. The highest BCUT2D eigenvalue weighted by Gasteiger charge is 2.33. The Kier molecular flexibility index (Phi) is 14.1. The van der Waals surface area contributed by atoms with Crippen LogP contribution in [0.2, 0.25) is 0 Å². The number of pyridine rings is 1. The highest BCUT2D eigenvalue weighted by molar-refractivity contribution is 6.03. The summed E-state index contributed by atoms with van der Waals surface area (Å²) >= 11 is 0. The summed E-state index contributed by atoms with van der Waals surface area (Å²) < 4.78 is 49.9. The van der Waals surface area contributed by atoms with Crippen LogP contribution >= 0.6 is 0 Å². The second kappa shape index (κ2) is 20.3. The number of benzene rings is 1. The lowest BCUT2D eigenvalue weighted by atomic mass is 9.85. The Balaban J connectivity index is 0.735. The predicted octanol–water partition coefficient (Wildman–Crippen LogP) is 5.43. The van der Waals surface area contributed by atoms with E-state index >= 15 is 0 Å². The van der Waals surface area contributed by atoms with Crippen LogP contribution in [0.15, 0.2) is 58.2 Å². The number of aromatic nitrogens is 6. The molecule has 5 aromatic rings. The quantitative estimate of drug-likeness (QED) is 0.0660. The molecule has 0 radical (unpaired) electrons. The van der Waals surface area contributed by atoms with E-state index in [-0.39, 0.29) is 59.6 Å². The number of anilines is 2. The SMILES string of the molecule is CN(CCOCCOCCCc1cccc2c1n(C)c(=O)n2C1CCC(=O)NC1=O)C(=O)C1CCC(n2cc(NC(=O)c3coc(-c4ccnc(NCC5CC5)c4)n3)c(C(F)F)n2)CC1. The van der Waals surface area contributed by atoms with Gasteiger partial charge in [-0.05, 0) is 87.5 Å². The number of rotatable bonds is 20. The maximum atomic E-state index is 14.1. The van der Waals surface area contributed by atoms with Crippen LogP contribution in [-0.2, 0) is 37.3 Å². The Labute approximate surface area is 373 Å². The summed E-state index contributed by atoms with van der Waals surface area (Å²) in [6.07, 6.45) is 7.68. The fraction of sp³-hybridized carbons (Fsp3) is 0.511. The molecule has 1 unspecified atom stereocenters. The number of imide groups is 1. The zero-order chi connectivity index (χ0) is 45.6. The standard InChI is InChI=1S/C45H54F2N10O8/c1-54(18-20-64-22-21-63-19-4-6-28-5-3-7-34-39(28)55(2)45(62)57(34)35-14-15-37(58)52-42(35)60)44(61)29-10-12-31(13-11-29)56-25-32(38(53-56)40(46)47)50-41(59)33-26-65-43(51-33)30-16-17-48-36(23-30)49-24-27-8-9-27/h3,5,7,16-17,23,25-27,29,31,35,40H,4,6,8-15,18-22,24H2,1-2H3,(H,48,49)(H,50,59)(H,52,58,60). The molecule has 0 spiro atoms. The van der Waals surface area contributed by atoms with Gasteiger partial charge in [0, 0.05) is 64.1 Å². The van der Waals surface area contributed by atoms with Gasteiger partial charge in [-0.2, -0.15) is 5.10 Å². The Morgan fingerprint density at radius 1 is 1.02 bits per heavy atom. The van der Waals surface area contributed by atoms with Crippen molar-refractivity contribution in [2.75, 3.05) is 57.2 Å². The first kappa shape index (κ1) is 45.3. The number of likely N-dealkylation sites (N-methyl/N-ethyl adjacent to an activating group) is 1. The van der Waals surface area contributed by atoms with Gasteiger partial charge in [0.15, 0.2) is 11.4 Å². The number of amides is 4. The van der Waals surface area contributed by atoms with Gasteiger partial charge in [-0.1, -0.05) is 12.1 Å². The van der Waals surface area contributed by atoms with Gasteiger partial charge in [-0.15, -0.1) is 0 Å². The number of halogens is 2. The van der Waals surface area contributed by atoms with Crippen LogP contribution in [0.25, 0.3) is 22.5 Å². The minimum Gasteiger partial charge on any atom is -0.444 e. The molecule has 2 saturated carbocycles. The second-order valence-electron chi connectivity index (χ2n) is 17.0. The second-order valence-corrected chi connectivity index (χ2v) is 17.0. The first-order valence-electron chi connectivity index (χ1n) is 22.2. The zero-order valence-electron chi connectivity index (χ0n) is 36.5. The molecule has 65 heavy (non-hydrogen) atoms. The summed E-state index contributed by atoms with van der Waals surface area (Å²) in [5, 5.41) is 12.3. The van der Waals surface area contributed by atoms with Crippen molar-refractivity contribution in [1.29, 1.82) is 0 Å². The molecule has 8 rings (SSSR count). The summed E-state index contributed by atoms with van der Waals surface area (Å²) in [6, 6.07) is 8.15. The lowest BCUT2D eigenvalue weighted by Gasteiger charge is -2.30. The number of fused-ring (bicyclic) bond motifs is 1. The highest BCUT2D eigenvalue weighted by Crippen LogP contribution is 2.36. The number of carbonyl (C=O) groups is 4. The lowest BCUT2D eigenvalue weighted by Crippen LogP contribution is -2.44. The summed E-state index contributed by atoms with van der Waals surface area (Å²) in [5.74, 6) is -0.226. The number of carbonyl (C=O) groups excluding carboxylic acids is 4. The largest absolute Gasteiger partial charge is 0.444 e. The molecule has 4 aromatic heterocycles. The molecule has 3 fully saturated rings. The molecule has 20 heteroatoms. The predicted molar refractivity (Wildman–Crippen MR) is 233 cm³/mol. The van der Waals surface area contributed by atoms with E-state index in [0.29, 0.717) is 94.3 Å². The Bertz CT molecular complexity index is 2570. The minimum atomic E-state index is -2.93. The number of hydrogen-bond acceptors (Lipinski definition) is 12. The van der Waals surface area contributed by atoms with E-state index in [1.807, 2.05) is 18.2 Å². The molecule has 1 aromatic carbocycles. The van der Waals surface area contributed by atoms with Gasteiger partial charge in [-0.25, -0.2) is 23.5 Å². The van der Waals surface area contributed by atoms with E-state index in [2.05, 4.69) is 31.0 Å². The van der Waals surface area contributed by atoms with Crippen molar-refractivity contribution in [3.05, 3.63) is 76.4 Å². The molecule has 2 aliphatic carbocycles. The summed E-state index contributed by atoms with van der Waals surface area (Å²) in [6.45, 7) is 2.75. The molecule has 4 amide bonds. The fourth-order valence-corrected chi connectivity index (χ4v) is 8.63. The molecule has 3 N–H and O–H groups in total. The summed E-state index contributed by atoms with van der Waals surface area (Å²) in [7, 11) is 3.42. The van der Waals surface area contributed by atoms with Crippen molar-refractivity contribution in [3.8, 4) is 11.5 Å². The molecule has 1 saturated heterocycles. The molecule has 5 heterocycles. The van der Waals surface area contributed by atoms with Gasteiger partial charge in [0.1, 0.15) is 18.1 Å². The van der Waals surface area contributed by atoms with Crippen molar-refractivity contribution >= 4 is 46.2 Å². The molecule has 18 nitrogen and oxygen atoms in total. The molecule has 1 atom stereocenters. The number of ether oxygens (including phenoxy) is 2. The average Bonchev–Trinajstić information content (AvgIpc) is 3.71. The minimum absolute atomic E-state index is 0.00514. The third-order valence-corrected chi connectivity index (χ3v) is 12.4. The number of nitrogens with one attached hydrogen (secondary N) is 3. The maximum absolute atomic E-state index is 14.1. The van der Waals surface area contributed by atoms with Crippen LogP contribution in [0, 0.1) is 11.8 Å². The fourth-order valence-electron chi connectivity index (χ4n) is 8.63. The van der Waals surface area contributed by atoms with Crippen LogP contribution < -0.4 is 21.6 Å². The molecule has 0 bridgehead atoms. The summed E-state index contributed by atoms with van der Waals surface area (Å²) in [4.78, 5) is 74.1. The van der Waals surface area contributed by atoms with Crippen LogP contribution in [0.5, 0.6) is 0 Å². The van der Waals surface area contributed by atoms with Gasteiger partial charge in [0.05, 0.1) is 42.6 Å². The molecule has 346 valence electrons. The van der Waals surface area contributed by atoms with E-state index in [4.69, 9.17) is 13.9 Å². The molecular weight excluding hydrogens is 847 g/mol. The molecule has 1 aliphatic heterocycles. The summed E-state index contributed by atoms with van der Waals surface area (Å²) in [5.41, 5.74) is 1.94. The van der Waals surface area contributed by atoms with Crippen molar-refractivity contribution in [1.82, 2.24) is 39.1 Å². The highest BCUT2D eigenvalue weighted by atomic mass is 19.3. The number of aryl methyl sites for hydroxylation is 2. The first-order valence-corrected chi connectivity index (χ1v) is 22.2. The Hall–Kier alpha value is -6.28. The third kappa shape index (κ3) is 10.6. The van der Waals surface area contributed by atoms with E-state index < -0.39 is 30.0 Å². The number of alkyl halides is 2. The normalized spacial score (nSPS) is 18.9. The van der Waals surface area contributed by atoms with Crippen molar-refractivity contribution < 1.29 is 41.8 Å². The van der Waals surface area contributed by atoms with Crippen LogP contribution in [0.1, 0.15) is 98.0 Å².